The van der Waals surface area contributed by atoms with E-state index in [1.54, 1.807) is 18.2 Å². The molecule has 1 aromatic carbocycles. The summed E-state index contributed by atoms with van der Waals surface area (Å²) in [5, 5.41) is 0.600. The van der Waals surface area contributed by atoms with Crippen LogP contribution in [-0.4, -0.2) is 18.0 Å². The number of carbonyl (C=O) groups is 2. The van der Waals surface area contributed by atoms with Gasteiger partial charge in [0.25, 0.3) is 0 Å². The molecule has 1 atom stereocenters. The zero-order chi connectivity index (χ0) is 17.9. The van der Waals surface area contributed by atoms with Crippen LogP contribution >= 0.6 is 11.6 Å². The molecule has 0 aliphatic heterocycles. The lowest BCUT2D eigenvalue weighted by atomic mass is 10.1. The molecule has 0 spiro atoms. The van der Waals surface area contributed by atoms with Crippen LogP contribution in [0.3, 0.4) is 0 Å². The van der Waals surface area contributed by atoms with Gasteiger partial charge in [-0.2, -0.15) is 0 Å². The lowest BCUT2D eigenvalue weighted by Crippen LogP contribution is -2.15. The fourth-order valence-electron chi connectivity index (χ4n) is 2.30. The number of aryl methyl sites for hydroxylation is 1. The van der Waals surface area contributed by atoms with Crippen molar-refractivity contribution in [3.05, 3.63) is 28.8 Å². The number of ether oxygens (including phenoxy) is 2. The van der Waals surface area contributed by atoms with E-state index in [0.29, 0.717) is 17.2 Å². The first-order valence-corrected chi connectivity index (χ1v) is 8.96. The minimum Gasteiger partial charge on any atom is -0.463 e. The minimum atomic E-state index is -0.357. The number of unbranched alkanes of at least 4 members (excludes halogenated alkanes) is 2. The molecule has 0 bridgehead atoms. The van der Waals surface area contributed by atoms with Crippen LogP contribution in [0.5, 0.6) is 5.75 Å². The molecule has 0 aliphatic carbocycles. The van der Waals surface area contributed by atoms with Gasteiger partial charge < -0.3 is 9.47 Å². The second-order valence-electron chi connectivity index (χ2n) is 6.03. The van der Waals surface area contributed by atoms with Crippen molar-refractivity contribution in [3.63, 3.8) is 0 Å². The minimum absolute atomic E-state index is 0.0623. The molecule has 0 aromatic heterocycles. The molecule has 0 N–H and O–H groups in total. The number of benzene rings is 1. The quantitative estimate of drug-likeness (QED) is 0.327. The van der Waals surface area contributed by atoms with Crippen molar-refractivity contribution in [2.45, 2.75) is 71.8 Å². The van der Waals surface area contributed by atoms with E-state index in [2.05, 4.69) is 6.92 Å². The molecule has 1 aromatic rings. The van der Waals surface area contributed by atoms with Crippen LogP contribution in [0.2, 0.25) is 5.02 Å². The van der Waals surface area contributed by atoms with E-state index in [1.165, 1.54) is 0 Å². The van der Waals surface area contributed by atoms with Crippen molar-refractivity contribution in [1.82, 2.24) is 0 Å². The molecule has 0 saturated heterocycles. The summed E-state index contributed by atoms with van der Waals surface area (Å²) in [7, 11) is 0. The number of carbonyl (C=O) groups excluding carboxylic acids is 2. The van der Waals surface area contributed by atoms with Gasteiger partial charge in [-0.3, -0.25) is 9.59 Å². The summed E-state index contributed by atoms with van der Waals surface area (Å²) in [5.74, 6) is -0.116. The first kappa shape index (κ1) is 20.5. The maximum atomic E-state index is 11.8. The predicted molar refractivity (Wildman–Crippen MR) is 95.4 cm³/mol. The van der Waals surface area contributed by atoms with Crippen LogP contribution in [0, 0.1) is 6.92 Å². The van der Waals surface area contributed by atoms with Gasteiger partial charge in [-0.25, -0.2) is 0 Å². The maximum Gasteiger partial charge on any atom is 0.311 e. The zero-order valence-electron chi connectivity index (χ0n) is 14.8. The summed E-state index contributed by atoms with van der Waals surface area (Å²) >= 11 is 5.86. The highest BCUT2D eigenvalue weighted by Crippen LogP contribution is 2.22. The number of hydrogen-bond acceptors (Lipinski definition) is 4. The first-order chi connectivity index (χ1) is 11.4. The molecule has 0 radical (unpaired) electrons. The maximum absolute atomic E-state index is 11.8. The summed E-state index contributed by atoms with van der Waals surface area (Å²) in [5.41, 5.74) is 0.802. The van der Waals surface area contributed by atoms with Crippen molar-refractivity contribution in [1.29, 1.82) is 0 Å². The fourth-order valence-corrected chi connectivity index (χ4v) is 2.53. The monoisotopic (exact) mass is 354 g/mol. The van der Waals surface area contributed by atoms with Gasteiger partial charge in [0.1, 0.15) is 5.75 Å². The lowest BCUT2D eigenvalue weighted by molar-refractivity contribution is -0.148. The second-order valence-corrected chi connectivity index (χ2v) is 6.47. The van der Waals surface area contributed by atoms with Crippen molar-refractivity contribution in [2.75, 3.05) is 0 Å². The second kappa shape index (κ2) is 11.1. The normalized spacial score (nSPS) is 11.8. The SMILES string of the molecule is CCCCCC(C)OC(=O)CCCC(=O)Oc1ccc(Cl)cc1C. The third kappa shape index (κ3) is 8.34. The molecule has 4 nitrogen and oxygen atoms in total. The fraction of sp³-hybridized carbons (Fsp3) is 0.579. The third-order valence-electron chi connectivity index (χ3n) is 3.67. The Bertz CT molecular complexity index is 542. The topological polar surface area (TPSA) is 52.6 Å². The van der Waals surface area contributed by atoms with Gasteiger partial charge in [0.15, 0.2) is 0 Å². The van der Waals surface area contributed by atoms with E-state index in [9.17, 15) is 9.59 Å². The Morgan fingerprint density at radius 3 is 2.50 bits per heavy atom. The Morgan fingerprint density at radius 1 is 1.12 bits per heavy atom. The van der Waals surface area contributed by atoms with E-state index >= 15 is 0 Å². The standard InChI is InChI=1S/C19H27ClO4/c1-4-5-6-8-15(3)23-18(21)9-7-10-19(22)24-17-12-11-16(20)13-14(17)2/h11-13,15H,4-10H2,1-3H3. The highest BCUT2D eigenvalue weighted by molar-refractivity contribution is 6.30. The highest BCUT2D eigenvalue weighted by Gasteiger charge is 2.12. The highest BCUT2D eigenvalue weighted by atomic mass is 35.5. The van der Waals surface area contributed by atoms with Crippen molar-refractivity contribution < 1.29 is 19.1 Å². The van der Waals surface area contributed by atoms with Gasteiger partial charge in [-0.05, 0) is 56.9 Å². The van der Waals surface area contributed by atoms with Gasteiger partial charge >= 0.3 is 11.9 Å². The first-order valence-electron chi connectivity index (χ1n) is 8.58. The molecule has 0 fully saturated rings. The van der Waals surface area contributed by atoms with Crippen LogP contribution in [-0.2, 0) is 14.3 Å². The summed E-state index contributed by atoms with van der Waals surface area (Å²) in [6.07, 6.45) is 5.02. The average molecular weight is 355 g/mol. The molecule has 134 valence electrons. The van der Waals surface area contributed by atoms with Crippen molar-refractivity contribution in [3.8, 4) is 5.75 Å². The lowest BCUT2D eigenvalue weighted by Gasteiger charge is -2.13. The number of hydrogen-bond donors (Lipinski definition) is 0. The van der Waals surface area contributed by atoms with Gasteiger partial charge in [0.2, 0.25) is 0 Å². The van der Waals surface area contributed by atoms with E-state index in [-0.39, 0.29) is 30.9 Å². The molecule has 0 heterocycles. The third-order valence-corrected chi connectivity index (χ3v) is 3.90. The zero-order valence-corrected chi connectivity index (χ0v) is 15.5. The van der Waals surface area contributed by atoms with Crippen LogP contribution in [0.1, 0.15) is 64.4 Å². The van der Waals surface area contributed by atoms with Gasteiger partial charge in [0, 0.05) is 17.9 Å². The Labute approximate surface area is 149 Å². The molecule has 0 aliphatic rings. The Hall–Kier alpha value is -1.55. The van der Waals surface area contributed by atoms with Crippen molar-refractivity contribution >= 4 is 23.5 Å². The largest absolute Gasteiger partial charge is 0.463 e. The molecular weight excluding hydrogens is 328 g/mol. The molecule has 1 rings (SSSR count). The number of halogens is 1. The number of rotatable bonds is 10. The number of esters is 2. The van der Waals surface area contributed by atoms with E-state index in [4.69, 9.17) is 21.1 Å². The molecular formula is C19H27ClO4. The molecule has 0 amide bonds. The Morgan fingerprint density at radius 2 is 1.83 bits per heavy atom. The van der Waals surface area contributed by atoms with Gasteiger partial charge in [0.05, 0.1) is 6.10 Å². The van der Waals surface area contributed by atoms with Gasteiger partial charge in [-0.15, -0.1) is 0 Å². The summed E-state index contributed by atoms with van der Waals surface area (Å²) in [4.78, 5) is 23.5. The van der Waals surface area contributed by atoms with Crippen LogP contribution < -0.4 is 4.74 Å². The summed E-state index contributed by atoms with van der Waals surface area (Å²) < 4.78 is 10.6. The van der Waals surface area contributed by atoms with Crippen LogP contribution in [0.15, 0.2) is 18.2 Å². The Balaban J connectivity index is 2.23. The van der Waals surface area contributed by atoms with Crippen LogP contribution in [0.25, 0.3) is 0 Å². The van der Waals surface area contributed by atoms with Gasteiger partial charge in [-0.1, -0.05) is 31.4 Å². The summed E-state index contributed by atoms with van der Waals surface area (Å²) in [6.45, 7) is 5.87. The predicted octanol–water partition coefficient (Wildman–Crippen LogP) is 5.24. The average Bonchev–Trinajstić information content (AvgIpc) is 2.50. The molecule has 1 unspecified atom stereocenters. The van der Waals surface area contributed by atoms with E-state index in [0.717, 1.165) is 31.2 Å². The van der Waals surface area contributed by atoms with Crippen LogP contribution in [0.4, 0.5) is 0 Å². The molecule has 5 heteroatoms. The molecule has 24 heavy (non-hydrogen) atoms. The summed E-state index contributed by atoms with van der Waals surface area (Å²) in [6, 6.07) is 5.08. The molecule has 0 saturated carbocycles. The van der Waals surface area contributed by atoms with Crippen molar-refractivity contribution in [2.24, 2.45) is 0 Å². The van der Waals surface area contributed by atoms with E-state index < -0.39 is 0 Å². The Kier molecular flexibility index (Phi) is 9.46. The smallest absolute Gasteiger partial charge is 0.311 e. The van der Waals surface area contributed by atoms with E-state index in [1.807, 2.05) is 13.8 Å².